The van der Waals surface area contributed by atoms with Gasteiger partial charge < -0.3 is 9.73 Å². The molecule has 3 heteroatoms. The molecule has 0 aromatic carbocycles. The number of nitrogens with zero attached hydrogens (tertiary/aromatic N) is 1. The van der Waals surface area contributed by atoms with Crippen molar-refractivity contribution < 1.29 is 4.42 Å². The Bertz CT molecular complexity index is 371. The van der Waals surface area contributed by atoms with Gasteiger partial charge in [-0.15, -0.1) is 0 Å². The molecule has 1 saturated heterocycles. The van der Waals surface area contributed by atoms with Crippen molar-refractivity contribution in [3.8, 4) is 0 Å². The van der Waals surface area contributed by atoms with Crippen LogP contribution in [0, 0.1) is 12.8 Å². The minimum absolute atomic E-state index is 0.510. The van der Waals surface area contributed by atoms with Crippen LogP contribution in [0.3, 0.4) is 0 Å². The molecule has 2 fully saturated rings. The molecular weight excluding hydrogens is 236 g/mol. The van der Waals surface area contributed by atoms with Crippen molar-refractivity contribution in [2.45, 2.75) is 45.1 Å². The zero-order valence-corrected chi connectivity index (χ0v) is 12.0. The number of piperazine rings is 1. The zero-order valence-electron chi connectivity index (χ0n) is 12.0. The van der Waals surface area contributed by atoms with Crippen LogP contribution < -0.4 is 5.32 Å². The molecule has 0 bridgehead atoms. The molecule has 1 N–H and O–H groups in total. The molecule has 0 spiro atoms. The molecule has 1 aromatic rings. The Kier molecular flexibility index (Phi) is 4.24. The first-order chi connectivity index (χ1) is 9.34. The van der Waals surface area contributed by atoms with E-state index < -0.39 is 0 Å². The molecule has 106 valence electrons. The Hall–Kier alpha value is -0.800. The van der Waals surface area contributed by atoms with E-state index in [1.807, 2.05) is 0 Å². The monoisotopic (exact) mass is 262 g/mol. The number of hydrogen-bond donors (Lipinski definition) is 1. The van der Waals surface area contributed by atoms with Crippen LogP contribution in [-0.2, 0) is 0 Å². The van der Waals surface area contributed by atoms with E-state index in [0.717, 1.165) is 37.9 Å². The van der Waals surface area contributed by atoms with Gasteiger partial charge in [0.05, 0.1) is 6.04 Å². The van der Waals surface area contributed by atoms with Gasteiger partial charge >= 0.3 is 0 Å². The maximum atomic E-state index is 5.99. The fraction of sp³-hybridized carbons (Fsp3) is 0.750. The van der Waals surface area contributed by atoms with Crippen LogP contribution in [-0.4, -0.2) is 31.1 Å². The van der Waals surface area contributed by atoms with Crippen LogP contribution in [0.4, 0.5) is 0 Å². The summed E-state index contributed by atoms with van der Waals surface area (Å²) in [5, 5.41) is 3.46. The smallest absolute Gasteiger partial charge is 0.121 e. The van der Waals surface area contributed by atoms with Crippen molar-refractivity contribution in [1.29, 1.82) is 0 Å². The second-order valence-corrected chi connectivity index (χ2v) is 6.08. The summed E-state index contributed by atoms with van der Waals surface area (Å²) in [4.78, 5) is 2.64. The van der Waals surface area contributed by atoms with Crippen LogP contribution in [0.2, 0.25) is 0 Å². The Morgan fingerprint density at radius 1 is 1.16 bits per heavy atom. The van der Waals surface area contributed by atoms with E-state index in [0.29, 0.717) is 6.04 Å². The van der Waals surface area contributed by atoms with Crippen LogP contribution in [0.1, 0.15) is 49.7 Å². The average molecular weight is 262 g/mol. The Morgan fingerprint density at radius 3 is 2.53 bits per heavy atom. The topological polar surface area (TPSA) is 28.4 Å². The molecular formula is C16H26N2O. The second-order valence-electron chi connectivity index (χ2n) is 6.08. The number of rotatable bonds is 3. The summed E-state index contributed by atoms with van der Waals surface area (Å²) in [5.41, 5.74) is 0. The van der Waals surface area contributed by atoms with Crippen molar-refractivity contribution in [3.63, 3.8) is 0 Å². The quantitative estimate of drug-likeness (QED) is 0.907. The van der Waals surface area contributed by atoms with Gasteiger partial charge in [-0.3, -0.25) is 4.90 Å². The number of hydrogen-bond acceptors (Lipinski definition) is 3. The van der Waals surface area contributed by atoms with E-state index in [4.69, 9.17) is 4.42 Å². The third-order valence-electron chi connectivity index (χ3n) is 4.69. The normalized spacial score (nSPS) is 24.5. The fourth-order valence-corrected chi connectivity index (χ4v) is 3.73. The zero-order chi connectivity index (χ0) is 13.1. The minimum atomic E-state index is 0.510. The lowest BCUT2D eigenvalue weighted by Crippen LogP contribution is -2.47. The Morgan fingerprint density at radius 2 is 1.89 bits per heavy atom. The van der Waals surface area contributed by atoms with E-state index in [1.165, 1.54) is 37.9 Å². The third-order valence-corrected chi connectivity index (χ3v) is 4.69. The SMILES string of the molecule is Cc1ccc([C@@H](C2CCCCC2)N2CCNCC2)o1. The molecule has 0 unspecified atom stereocenters. The Balaban J connectivity index is 1.81. The summed E-state index contributed by atoms with van der Waals surface area (Å²) in [6.07, 6.45) is 6.95. The lowest BCUT2D eigenvalue weighted by atomic mass is 9.82. The van der Waals surface area contributed by atoms with Gasteiger partial charge in [-0.2, -0.15) is 0 Å². The maximum Gasteiger partial charge on any atom is 0.121 e. The molecule has 3 nitrogen and oxygen atoms in total. The standard InChI is InChI=1S/C16H26N2O/c1-13-7-8-15(19-13)16(14-5-3-2-4-6-14)18-11-9-17-10-12-18/h7-8,14,16-17H,2-6,9-12H2,1H3/t16-/m1/s1. The molecule has 1 saturated carbocycles. The molecule has 0 amide bonds. The van der Waals surface area contributed by atoms with Crippen molar-refractivity contribution >= 4 is 0 Å². The molecule has 2 heterocycles. The fourth-order valence-electron chi connectivity index (χ4n) is 3.73. The molecule has 19 heavy (non-hydrogen) atoms. The molecule has 1 aromatic heterocycles. The summed E-state index contributed by atoms with van der Waals surface area (Å²) in [6, 6.07) is 4.83. The van der Waals surface area contributed by atoms with Gasteiger partial charge in [0.25, 0.3) is 0 Å². The van der Waals surface area contributed by atoms with Crippen LogP contribution in [0.25, 0.3) is 0 Å². The van der Waals surface area contributed by atoms with Gasteiger partial charge in [0.2, 0.25) is 0 Å². The van der Waals surface area contributed by atoms with E-state index in [1.54, 1.807) is 0 Å². The first-order valence-corrected chi connectivity index (χ1v) is 7.86. The number of nitrogens with one attached hydrogen (secondary N) is 1. The summed E-state index contributed by atoms with van der Waals surface area (Å²) < 4.78 is 5.99. The van der Waals surface area contributed by atoms with E-state index in [2.05, 4.69) is 29.3 Å². The highest BCUT2D eigenvalue weighted by molar-refractivity contribution is 5.12. The van der Waals surface area contributed by atoms with Crippen molar-refractivity contribution in [1.82, 2.24) is 10.2 Å². The highest BCUT2D eigenvalue weighted by Gasteiger charge is 2.32. The van der Waals surface area contributed by atoms with Crippen LogP contribution >= 0.6 is 0 Å². The predicted octanol–water partition coefficient (Wildman–Crippen LogP) is 3.11. The van der Waals surface area contributed by atoms with Gasteiger partial charge in [0, 0.05) is 26.2 Å². The van der Waals surface area contributed by atoms with E-state index >= 15 is 0 Å². The molecule has 0 radical (unpaired) electrons. The largest absolute Gasteiger partial charge is 0.465 e. The predicted molar refractivity (Wildman–Crippen MR) is 77.2 cm³/mol. The lowest BCUT2D eigenvalue weighted by molar-refractivity contribution is 0.0864. The molecule has 3 rings (SSSR count). The van der Waals surface area contributed by atoms with Gasteiger partial charge in [0.15, 0.2) is 0 Å². The molecule has 2 aliphatic rings. The average Bonchev–Trinajstić information content (AvgIpc) is 2.88. The highest BCUT2D eigenvalue weighted by atomic mass is 16.3. The summed E-state index contributed by atoms with van der Waals surface area (Å²) in [5.74, 6) is 3.04. The summed E-state index contributed by atoms with van der Waals surface area (Å²) in [6.45, 7) is 6.59. The van der Waals surface area contributed by atoms with Crippen molar-refractivity contribution in [2.24, 2.45) is 5.92 Å². The van der Waals surface area contributed by atoms with E-state index in [-0.39, 0.29) is 0 Å². The first-order valence-electron chi connectivity index (χ1n) is 7.86. The third kappa shape index (κ3) is 3.03. The lowest BCUT2D eigenvalue weighted by Gasteiger charge is -2.39. The number of furan rings is 1. The van der Waals surface area contributed by atoms with Gasteiger partial charge in [-0.25, -0.2) is 0 Å². The Labute approximate surface area is 116 Å². The van der Waals surface area contributed by atoms with Crippen molar-refractivity contribution in [2.75, 3.05) is 26.2 Å². The van der Waals surface area contributed by atoms with Gasteiger partial charge in [0.1, 0.15) is 11.5 Å². The number of aryl methyl sites for hydroxylation is 1. The van der Waals surface area contributed by atoms with Crippen molar-refractivity contribution in [3.05, 3.63) is 23.7 Å². The van der Waals surface area contributed by atoms with E-state index in [9.17, 15) is 0 Å². The highest BCUT2D eigenvalue weighted by Crippen LogP contribution is 2.39. The molecule has 1 aliphatic carbocycles. The second kappa shape index (κ2) is 6.10. The van der Waals surface area contributed by atoms with Crippen LogP contribution in [0.5, 0.6) is 0 Å². The first kappa shape index (κ1) is 13.2. The summed E-state index contributed by atoms with van der Waals surface area (Å²) in [7, 11) is 0. The minimum Gasteiger partial charge on any atom is -0.465 e. The van der Waals surface area contributed by atoms with Gasteiger partial charge in [-0.1, -0.05) is 19.3 Å². The van der Waals surface area contributed by atoms with Crippen LogP contribution in [0.15, 0.2) is 16.5 Å². The van der Waals surface area contributed by atoms with Gasteiger partial charge in [-0.05, 0) is 37.8 Å². The maximum absolute atomic E-state index is 5.99. The molecule has 1 atom stereocenters. The molecule has 1 aliphatic heterocycles. The summed E-state index contributed by atoms with van der Waals surface area (Å²) >= 11 is 0.